The molecular weight excluding hydrogens is 751 g/mol. The van der Waals surface area contributed by atoms with Gasteiger partial charge in [-0.1, -0.05) is 45.0 Å². The Labute approximate surface area is 343 Å². The number of hydrogen-bond donors (Lipinski definition) is 1. The number of amides is 1. The Balaban J connectivity index is 1.75. The molecule has 1 saturated carbocycles. The van der Waals surface area contributed by atoms with Gasteiger partial charge in [-0.15, -0.1) is 0 Å². The highest BCUT2D eigenvalue weighted by Gasteiger charge is 2.56. The van der Waals surface area contributed by atoms with E-state index in [2.05, 4.69) is 16.1 Å². The molecule has 1 amide bonds. The summed E-state index contributed by atoms with van der Waals surface area (Å²) in [5, 5.41) is 15.9. The van der Waals surface area contributed by atoms with Gasteiger partial charge in [0.15, 0.2) is 0 Å². The molecule has 14 atom stereocenters. The van der Waals surface area contributed by atoms with Gasteiger partial charge in [0.2, 0.25) is 5.79 Å². The molecule has 0 spiro atoms. The van der Waals surface area contributed by atoms with Crippen LogP contribution in [0.25, 0.3) is 10.4 Å². The van der Waals surface area contributed by atoms with Crippen LogP contribution in [0.1, 0.15) is 112 Å². The molecule has 58 heavy (non-hydrogen) atoms. The van der Waals surface area contributed by atoms with Crippen LogP contribution >= 0.6 is 0 Å². The maximum absolute atomic E-state index is 16.2. The van der Waals surface area contributed by atoms with Crippen LogP contribution in [0, 0.1) is 29.6 Å². The lowest BCUT2D eigenvalue weighted by Crippen LogP contribution is -2.64. The van der Waals surface area contributed by atoms with Gasteiger partial charge in [-0.2, -0.15) is 0 Å². The lowest BCUT2D eigenvalue weighted by atomic mass is 9.81. The van der Waals surface area contributed by atoms with Crippen LogP contribution in [0.5, 0.6) is 0 Å². The highest BCUT2D eigenvalue weighted by atomic mass is 19.1. The molecule has 4 aliphatic rings. The zero-order chi connectivity index (χ0) is 42.9. The first kappa shape index (κ1) is 47.5. The number of rotatable bonds is 7. The molecule has 0 radical (unpaired) electrons. The van der Waals surface area contributed by atoms with Gasteiger partial charge in [-0.05, 0) is 112 Å². The number of fused-ring (bicyclic) bond motifs is 3. The number of ketones is 2. The molecule has 3 heterocycles. The van der Waals surface area contributed by atoms with E-state index in [0.717, 1.165) is 12.0 Å². The van der Waals surface area contributed by atoms with Gasteiger partial charge in [0.25, 0.3) is 11.7 Å². The minimum Gasteiger partial charge on any atom is -0.456 e. The van der Waals surface area contributed by atoms with Crippen molar-refractivity contribution in [2.24, 2.45) is 34.7 Å². The second-order valence-corrected chi connectivity index (χ2v) is 17.2. The fraction of sp³-hybridized carbons (Fsp3) is 0.814. The van der Waals surface area contributed by atoms with Crippen molar-refractivity contribution >= 4 is 23.4 Å². The second-order valence-electron chi connectivity index (χ2n) is 17.2. The van der Waals surface area contributed by atoms with E-state index in [-0.39, 0.29) is 62.0 Å². The minimum atomic E-state index is -2.57. The summed E-state index contributed by atoms with van der Waals surface area (Å²) in [6, 6.07) is -1.39. The Morgan fingerprint density at radius 3 is 2.31 bits per heavy atom. The van der Waals surface area contributed by atoms with Gasteiger partial charge >= 0.3 is 5.97 Å². The Bertz CT molecular complexity index is 1570. The molecule has 0 aromatic heterocycles. The van der Waals surface area contributed by atoms with E-state index in [1.807, 2.05) is 20.8 Å². The molecule has 0 aromatic carbocycles. The molecule has 15 heteroatoms. The average Bonchev–Trinajstić information content (AvgIpc) is 3.22. The third kappa shape index (κ3) is 10.9. The summed E-state index contributed by atoms with van der Waals surface area (Å²) >= 11 is 0. The summed E-state index contributed by atoms with van der Waals surface area (Å²) < 4.78 is 45.9. The number of piperidine rings is 1. The molecule has 1 N–H and O–H groups in total. The fourth-order valence-corrected chi connectivity index (χ4v) is 9.50. The van der Waals surface area contributed by atoms with E-state index >= 15 is 4.39 Å². The number of nitrogens with zero attached hydrogens (tertiary/aromatic N) is 4. The predicted octanol–water partition coefficient (Wildman–Crippen LogP) is 6.77. The Morgan fingerprint density at radius 1 is 1.00 bits per heavy atom. The molecule has 14 nitrogen and oxygen atoms in total. The van der Waals surface area contributed by atoms with Crippen molar-refractivity contribution in [3.8, 4) is 0 Å². The van der Waals surface area contributed by atoms with Crippen molar-refractivity contribution in [1.82, 2.24) is 4.90 Å². The normalized spacial score (nSPS) is 39.4. The summed E-state index contributed by atoms with van der Waals surface area (Å²) in [4.78, 5) is 60.7. The molecule has 4 rings (SSSR count). The smallest absolute Gasteiger partial charge is 0.329 e. The average molecular weight is 819 g/mol. The summed E-state index contributed by atoms with van der Waals surface area (Å²) in [6.45, 7) is 10.8. The third-order valence-electron chi connectivity index (χ3n) is 13.2. The first-order valence-corrected chi connectivity index (χ1v) is 21.2. The van der Waals surface area contributed by atoms with E-state index in [1.54, 1.807) is 34.0 Å². The van der Waals surface area contributed by atoms with E-state index in [4.69, 9.17) is 29.2 Å². The van der Waals surface area contributed by atoms with Crippen LogP contribution in [0.2, 0.25) is 0 Å². The molecule has 0 aromatic rings. The first-order chi connectivity index (χ1) is 27.5. The highest BCUT2D eigenvalue weighted by molar-refractivity contribution is 6.39. The van der Waals surface area contributed by atoms with Crippen molar-refractivity contribution < 1.29 is 52.4 Å². The van der Waals surface area contributed by atoms with Crippen LogP contribution in [-0.2, 0) is 42.9 Å². The molecule has 326 valence electrons. The minimum absolute atomic E-state index is 0.0317. The zero-order valence-corrected chi connectivity index (χ0v) is 35.9. The first-order valence-electron chi connectivity index (χ1n) is 21.2. The number of methoxy groups -OCH3 is 3. The maximum Gasteiger partial charge on any atom is 0.329 e. The standard InChI is InChI=1S/C43H67FN4O10/c1-10-30-20-25(3)37(44)26(4)21-35(55-8)39-36(56-9)22-28(6)43(53,58-39)40(50)41(51)48-18-12-11-13-32(48)42(52)57-38(24(2)14-17-33(30)49)27(5)19-29-15-16-31(46-47-45)34(23-29)54-7/h19-20,24,26,28-32,34-39,53H,10-18,21-23H2,1-9H3. The lowest BCUT2D eigenvalue weighted by molar-refractivity contribution is -0.302. The second kappa shape index (κ2) is 21.4. The molecule has 14 unspecified atom stereocenters. The summed E-state index contributed by atoms with van der Waals surface area (Å²) in [6.07, 6.45) is 3.34. The Hall–Kier alpha value is -3.20. The van der Waals surface area contributed by atoms with Gasteiger partial charge in [-0.25, -0.2) is 9.18 Å². The number of halogens is 1. The van der Waals surface area contributed by atoms with E-state index < -0.39 is 77.8 Å². The van der Waals surface area contributed by atoms with Crippen molar-refractivity contribution in [1.29, 1.82) is 0 Å². The SMILES string of the molecule is CCC1C=C(C)C(F)C(C)CC(OC)C2OC(O)(C(=O)C(=O)N3CCCCC3C(=O)OC(C(C)=CC3CCC(N=[N+]=[N-])C(OC)C3)C(C)CCC1=O)C(C)CC2OC. The van der Waals surface area contributed by atoms with Crippen molar-refractivity contribution in [2.75, 3.05) is 27.9 Å². The molecular formula is C43H67FN4O10. The number of alkyl halides is 1. The summed E-state index contributed by atoms with van der Waals surface area (Å²) in [5.74, 6) is -7.89. The van der Waals surface area contributed by atoms with Gasteiger partial charge in [0, 0.05) is 51.0 Å². The topological polar surface area (TPSA) is 187 Å². The Kier molecular flexibility index (Phi) is 17.5. The van der Waals surface area contributed by atoms with E-state index in [1.165, 1.54) is 19.1 Å². The van der Waals surface area contributed by atoms with Crippen molar-refractivity contribution in [3.05, 3.63) is 33.7 Å². The number of Topliss-reactive ketones (excluding diaryl/α,β-unsaturated/α-hetero) is 2. The number of azide groups is 1. The quantitative estimate of drug-likeness (QED) is 0.0718. The zero-order valence-electron chi connectivity index (χ0n) is 35.9. The van der Waals surface area contributed by atoms with Crippen LogP contribution in [0.15, 0.2) is 28.4 Å². The number of allylic oxidation sites excluding steroid dienone is 3. The Morgan fingerprint density at radius 2 is 1.67 bits per heavy atom. The monoisotopic (exact) mass is 818 g/mol. The van der Waals surface area contributed by atoms with Crippen LogP contribution < -0.4 is 0 Å². The van der Waals surface area contributed by atoms with Gasteiger partial charge in [-0.3, -0.25) is 14.4 Å². The molecule has 2 saturated heterocycles. The van der Waals surface area contributed by atoms with Crippen molar-refractivity contribution in [3.63, 3.8) is 0 Å². The highest BCUT2D eigenvalue weighted by Crippen LogP contribution is 2.39. The number of esters is 1. The van der Waals surface area contributed by atoms with Crippen LogP contribution in [-0.4, -0.2) is 116 Å². The molecule has 3 fully saturated rings. The molecule has 1 aliphatic carbocycles. The van der Waals surface area contributed by atoms with Gasteiger partial charge < -0.3 is 33.7 Å². The largest absolute Gasteiger partial charge is 0.456 e. The predicted molar refractivity (Wildman–Crippen MR) is 214 cm³/mol. The number of hydrogen-bond acceptors (Lipinski definition) is 11. The number of carbonyl (C=O) groups excluding carboxylic acids is 4. The molecule has 2 bridgehead atoms. The lowest BCUT2D eigenvalue weighted by Gasteiger charge is -2.47. The van der Waals surface area contributed by atoms with Crippen LogP contribution in [0.3, 0.4) is 0 Å². The van der Waals surface area contributed by atoms with Crippen molar-refractivity contribution in [2.45, 2.75) is 167 Å². The van der Waals surface area contributed by atoms with Gasteiger partial charge in [0.05, 0.1) is 24.4 Å². The van der Waals surface area contributed by atoms with Gasteiger partial charge in [0.1, 0.15) is 30.2 Å². The fourth-order valence-electron chi connectivity index (χ4n) is 9.50. The number of aliphatic hydroxyl groups is 1. The number of carbonyl (C=O) groups is 4. The van der Waals surface area contributed by atoms with E-state index in [0.29, 0.717) is 44.1 Å². The summed E-state index contributed by atoms with van der Waals surface area (Å²) in [7, 11) is 4.49. The van der Waals surface area contributed by atoms with Crippen LogP contribution in [0.4, 0.5) is 4.39 Å². The summed E-state index contributed by atoms with van der Waals surface area (Å²) in [5.41, 5.74) is 10.2. The molecule has 3 aliphatic heterocycles. The van der Waals surface area contributed by atoms with E-state index in [9.17, 15) is 24.3 Å². The number of ether oxygens (including phenoxy) is 5. The maximum atomic E-state index is 16.2. The number of cyclic esters (lactones) is 1. The third-order valence-corrected chi connectivity index (χ3v) is 13.2.